The van der Waals surface area contributed by atoms with Crippen molar-refractivity contribution in [3.8, 4) is 11.5 Å². The van der Waals surface area contributed by atoms with Gasteiger partial charge in [0.1, 0.15) is 5.82 Å². The van der Waals surface area contributed by atoms with Gasteiger partial charge in [-0.1, -0.05) is 6.07 Å². The monoisotopic (exact) mass is 485 g/mol. The highest BCUT2D eigenvalue weighted by atomic mass is 127. The van der Waals surface area contributed by atoms with E-state index in [1.165, 1.54) is 0 Å². The van der Waals surface area contributed by atoms with Crippen LogP contribution in [0.1, 0.15) is 24.2 Å². The molecule has 0 aliphatic carbocycles. The van der Waals surface area contributed by atoms with Crippen LogP contribution < -0.4 is 14.8 Å². The second kappa shape index (κ2) is 10.4. The minimum Gasteiger partial charge on any atom is -0.454 e. The van der Waals surface area contributed by atoms with E-state index in [4.69, 9.17) is 9.47 Å². The van der Waals surface area contributed by atoms with Gasteiger partial charge in [-0.05, 0) is 37.5 Å². The maximum atomic E-state index is 5.45. The third kappa shape index (κ3) is 5.75. The van der Waals surface area contributed by atoms with E-state index in [0.29, 0.717) is 6.79 Å². The van der Waals surface area contributed by atoms with Crippen LogP contribution in [0.5, 0.6) is 11.5 Å². The summed E-state index contributed by atoms with van der Waals surface area (Å²) >= 11 is 0. The van der Waals surface area contributed by atoms with Gasteiger partial charge in [0, 0.05) is 46.1 Å². The van der Waals surface area contributed by atoms with E-state index < -0.39 is 0 Å². The lowest BCUT2D eigenvalue weighted by molar-refractivity contribution is 0.174. The number of nitrogens with zero attached hydrogens (tertiary/aromatic N) is 4. The number of benzene rings is 1. The van der Waals surface area contributed by atoms with Crippen LogP contribution in [0.2, 0.25) is 0 Å². The number of halogens is 1. The molecule has 0 saturated heterocycles. The van der Waals surface area contributed by atoms with Crippen LogP contribution in [-0.2, 0) is 13.1 Å². The maximum Gasteiger partial charge on any atom is 0.231 e. The maximum absolute atomic E-state index is 5.45. The summed E-state index contributed by atoms with van der Waals surface area (Å²) in [5.74, 6) is 3.58. The molecule has 1 aromatic heterocycles. The Morgan fingerprint density at radius 2 is 2.11 bits per heavy atom. The average Bonchev–Trinajstić information content (AvgIpc) is 3.26. The number of imidazole rings is 1. The molecule has 2 aromatic rings. The lowest BCUT2D eigenvalue weighted by Gasteiger charge is -2.22. The van der Waals surface area contributed by atoms with E-state index in [2.05, 4.69) is 30.8 Å². The molecule has 27 heavy (non-hydrogen) atoms. The van der Waals surface area contributed by atoms with Crippen molar-refractivity contribution >= 4 is 29.9 Å². The predicted molar refractivity (Wildman–Crippen MR) is 117 cm³/mol. The lowest BCUT2D eigenvalue weighted by atomic mass is 10.2. The molecule has 0 radical (unpaired) electrons. The van der Waals surface area contributed by atoms with Gasteiger partial charge in [-0.15, -0.1) is 24.0 Å². The highest BCUT2D eigenvalue weighted by Crippen LogP contribution is 2.32. The molecular formula is C19H28IN5O2. The number of ether oxygens (including phenoxy) is 2. The van der Waals surface area contributed by atoms with Gasteiger partial charge >= 0.3 is 0 Å². The third-order valence-electron chi connectivity index (χ3n) is 4.46. The van der Waals surface area contributed by atoms with Gasteiger partial charge in [-0.3, -0.25) is 4.99 Å². The van der Waals surface area contributed by atoms with Gasteiger partial charge in [0.15, 0.2) is 17.5 Å². The number of guanidine groups is 1. The van der Waals surface area contributed by atoms with Gasteiger partial charge < -0.3 is 24.3 Å². The zero-order valence-corrected chi connectivity index (χ0v) is 18.5. The molecule has 1 N–H and O–H groups in total. The quantitative estimate of drug-likeness (QED) is 0.283. The van der Waals surface area contributed by atoms with E-state index >= 15 is 0 Å². The van der Waals surface area contributed by atoms with Crippen molar-refractivity contribution in [3.63, 3.8) is 0 Å². The van der Waals surface area contributed by atoms with Crippen LogP contribution in [0.3, 0.4) is 0 Å². The summed E-state index contributed by atoms with van der Waals surface area (Å²) in [6.45, 7) is 4.98. The standard InChI is InChI=1S/C19H27N5O2.HI/c1-15-21-9-11-24(15)10-5-4-8-22-19(20-2)23(3)13-16-6-7-17-18(12-16)26-14-25-17;/h6-7,9,11-12H,4-5,8,10,13-14H2,1-3H3,(H,20,22);1H. The normalized spacial score (nSPS) is 12.6. The Bertz CT molecular complexity index is 762. The van der Waals surface area contributed by atoms with Gasteiger partial charge in [0.2, 0.25) is 6.79 Å². The number of unbranched alkanes of at least 4 members (excludes halogenated alkanes) is 1. The molecule has 0 bridgehead atoms. The van der Waals surface area contributed by atoms with Crippen molar-refractivity contribution < 1.29 is 9.47 Å². The topological polar surface area (TPSA) is 63.9 Å². The number of aryl methyl sites for hydroxylation is 2. The number of fused-ring (bicyclic) bond motifs is 1. The number of aromatic nitrogens is 2. The Hall–Kier alpha value is -1.97. The largest absolute Gasteiger partial charge is 0.454 e. The lowest BCUT2D eigenvalue weighted by Crippen LogP contribution is -2.38. The molecule has 8 heteroatoms. The molecule has 7 nitrogen and oxygen atoms in total. The number of nitrogens with one attached hydrogen (secondary N) is 1. The van der Waals surface area contributed by atoms with E-state index in [1.54, 1.807) is 0 Å². The molecule has 0 saturated carbocycles. The molecule has 0 atom stereocenters. The summed E-state index contributed by atoms with van der Waals surface area (Å²) in [4.78, 5) is 10.7. The molecule has 2 heterocycles. The Kier molecular flexibility index (Phi) is 8.21. The minimum atomic E-state index is 0. The van der Waals surface area contributed by atoms with E-state index in [9.17, 15) is 0 Å². The average molecular weight is 485 g/mol. The van der Waals surface area contributed by atoms with Crippen molar-refractivity contribution in [3.05, 3.63) is 42.0 Å². The Balaban J connectivity index is 0.00000261. The van der Waals surface area contributed by atoms with Gasteiger partial charge in [-0.2, -0.15) is 0 Å². The van der Waals surface area contributed by atoms with Gasteiger partial charge in [-0.25, -0.2) is 4.98 Å². The number of aliphatic imine (C=N–C) groups is 1. The molecule has 148 valence electrons. The first-order valence-electron chi connectivity index (χ1n) is 8.95. The number of rotatable bonds is 7. The summed E-state index contributed by atoms with van der Waals surface area (Å²) in [6, 6.07) is 6.05. The molecule has 1 aromatic carbocycles. The van der Waals surface area contributed by atoms with Crippen molar-refractivity contribution in [2.45, 2.75) is 32.9 Å². The summed E-state index contributed by atoms with van der Waals surface area (Å²) < 4.78 is 13.0. The first-order chi connectivity index (χ1) is 12.7. The summed E-state index contributed by atoms with van der Waals surface area (Å²) in [5.41, 5.74) is 1.16. The highest BCUT2D eigenvalue weighted by molar-refractivity contribution is 14.0. The van der Waals surface area contributed by atoms with E-state index in [-0.39, 0.29) is 24.0 Å². The van der Waals surface area contributed by atoms with Crippen LogP contribution >= 0.6 is 24.0 Å². The Labute approximate surface area is 177 Å². The second-order valence-corrected chi connectivity index (χ2v) is 6.39. The fourth-order valence-corrected chi connectivity index (χ4v) is 3.02. The Morgan fingerprint density at radius 3 is 2.85 bits per heavy atom. The van der Waals surface area contributed by atoms with E-state index in [0.717, 1.165) is 61.3 Å². The molecule has 1 aliphatic rings. The molecule has 0 spiro atoms. The van der Waals surface area contributed by atoms with Crippen LogP contribution in [0.15, 0.2) is 35.6 Å². The number of hydrogen-bond acceptors (Lipinski definition) is 4. The summed E-state index contributed by atoms with van der Waals surface area (Å²) in [7, 11) is 3.85. The van der Waals surface area contributed by atoms with Crippen molar-refractivity contribution in [1.82, 2.24) is 19.8 Å². The molecule has 3 rings (SSSR count). The molecule has 0 amide bonds. The zero-order chi connectivity index (χ0) is 18.4. The summed E-state index contributed by atoms with van der Waals surface area (Å²) in [5, 5.41) is 3.43. The van der Waals surface area contributed by atoms with Crippen molar-refractivity contribution in [2.75, 3.05) is 27.4 Å². The van der Waals surface area contributed by atoms with Crippen LogP contribution in [0, 0.1) is 6.92 Å². The SMILES string of the molecule is CN=C(NCCCCn1ccnc1C)N(C)Cc1ccc2c(c1)OCO2.I. The minimum absolute atomic E-state index is 0. The first kappa shape index (κ1) is 21.3. The van der Waals surface area contributed by atoms with Crippen LogP contribution in [0.25, 0.3) is 0 Å². The number of hydrogen-bond donors (Lipinski definition) is 1. The van der Waals surface area contributed by atoms with Crippen molar-refractivity contribution in [2.24, 2.45) is 4.99 Å². The summed E-state index contributed by atoms with van der Waals surface area (Å²) in [6.07, 6.45) is 6.06. The fourth-order valence-electron chi connectivity index (χ4n) is 3.02. The molecular weight excluding hydrogens is 457 g/mol. The molecule has 0 fully saturated rings. The molecule has 1 aliphatic heterocycles. The third-order valence-corrected chi connectivity index (χ3v) is 4.46. The predicted octanol–water partition coefficient (Wildman–Crippen LogP) is 3.03. The smallest absolute Gasteiger partial charge is 0.231 e. The first-order valence-corrected chi connectivity index (χ1v) is 8.95. The molecule has 0 unspecified atom stereocenters. The van der Waals surface area contributed by atoms with Crippen LogP contribution in [0.4, 0.5) is 0 Å². The van der Waals surface area contributed by atoms with Gasteiger partial charge in [0.25, 0.3) is 0 Å². The second-order valence-electron chi connectivity index (χ2n) is 6.39. The van der Waals surface area contributed by atoms with Crippen LogP contribution in [-0.4, -0.2) is 47.8 Å². The Morgan fingerprint density at radius 1 is 1.30 bits per heavy atom. The van der Waals surface area contributed by atoms with E-state index in [1.807, 2.05) is 45.5 Å². The zero-order valence-electron chi connectivity index (χ0n) is 16.1. The van der Waals surface area contributed by atoms with Crippen molar-refractivity contribution in [1.29, 1.82) is 0 Å². The highest BCUT2D eigenvalue weighted by Gasteiger charge is 2.14. The fraction of sp³-hybridized carbons (Fsp3) is 0.474. The van der Waals surface area contributed by atoms with Gasteiger partial charge in [0.05, 0.1) is 0 Å².